The van der Waals surface area contributed by atoms with Crippen molar-refractivity contribution in [3.05, 3.63) is 11.8 Å². The van der Waals surface area contributed by atoms with Gasteiger partial charge in [-0.25, -0.2) is 4.99 Å². The summed E-state index contributed by atoms with van der Waals surface area (Å²) in [4.78, 5) is 4.42. The highest BCUT2D eigenvalue weighted by Gasteiger charge is 2.19. The molecule has 2 unspecified atom stereocenters. The Balaban J connectivity index is 2.60. The molecule has 0 aromatic carbocycles. The van der Waals surface area contributed by atoms with Crippen LogP contribution in [0.1, 0.15) is 20.3 Å². The van der Waals surface area contributed by atoms with Gasteiger partial charge in [0.05, 0.1) is 0 Å². The molecule has 0 aliphatic carbocycles. The third-order valence-corrected chi connectivity index (χ3v) is 2.83. The molecule has 2 atom stereocenters. The molecule has 0 N–H and O–H groups in total. The Bertz CT molecular complexity index is 278. The molecule has 0 amide bonds. The number of hydrogen-bond donors (Lipinski definition) is 0. The van der Waals surface area contributed by atoms with Crippen molar-refractivity contribution in [1.82, 2.24) is 0 Å². The van der Waals surface area contributed by atoms with Crippen LogP contribution in [0.2, 0.25) is 0 Å². The summed E-state index contributed by atoms with van der Waals surface area (Å²) in [6, 6.07) is 0. The van der Waals surface area contributed by atoms with Crippen molar-refractivity contribution in [2.45, 2.75) is 32.8 Å². The average Bonchev–Trinajstić information content (AvgIpc) is 2.30. The zero-order chi connectivity index (χ0) is 12.0. The number of thioether (sulfide) groups is 1. The van der Waals surface area contributed by atoms with Crippen LogP contribution in [0.5, 0.6) is 0 Å². The average molecular weight is 245 g/mol. The van der Waals surface area contributed by atoms with E-state index in [1.165, 1.54) is 0 Å². The number of aliphatic imine (C=N–C) groups is 1. The van der Waals surface area contributed by atoms with Crippen molar-refractivity contribution in [2.24, 2.45) is 4.99 Å². The summed E-state index contributed by atoms with van der Waals surface area (Å²) < 4.78 is 16.2. The van der Waals surface area contributed by atoms with Crippen molar-refractivity contribution >= 4 is 16.8 Å². The van der Waals surface area contributed by atoms with Gasteiger partial charge in [-0.05, 0) is 26.2 Å². The van der Waals surface area contributed by atoms with Gasteiger partial charge in [0.25, 0.3) is 0 Å². The first-order valence-electron chi connectivity index (χ1n) is 5.34. The largest absolute Gasteiger partial charge is 0.463 e. The van der Waals surface area contributed by atoms with Crippen LogP contribution >= 0.6 is 11.8 Å². The highest BCUT2D eigenvalue weighted by molar-refractivity contribution is 8.13. The fourth-order valence-electron chi connectivity index (χ4n) is 1.39. The highest BCUT2D eigenvalue weighted by atomic mass is 32.2. The van der Waals surface area contributed by atoms with Gasteiger partial charge in [0.2, 0.25) is 0 Å². The van der Waals surface area contributed by atoms with E-state index in [9.17, 15) is 0 Å². The monoisotopic (exact) mass is 245 g/mol. The van der Waals surface area contributed by atoms with Crippen LogP contribution in [-0.2, 0) is 14.2 Å². The summed E-state index contributed by atoms with van der Waals surface area (Å²) in [7, 11) is 1.66. The SMILES string of the molecule is CCOC(C)OC1=CCC(OC)N=C1SC. The Labute approximate surface area is 101 Å². The van der Waals surface area contributed by atoms with E-state index in [1.807, 2.05) is 26.2 Å². The minimum absolute atomic E-state index is 0.0859. The molecule has 0 radical (unpaired) electrons. The van der Waals surface area contributed by atoms with Crippen molar-refractivity contribution in [3.63, 3.8) is 0 Å². The molecule has 0 spiro atoms. The Hall–Kier alpha value is -0.520. The number of dihydropyridines is 1. The molecule has 5 heteroatoms. The topological polar surface area (TPSA) is 40.0 Å². The van der Waals surface area contributed by atoms with E-state index >= 15 is 0 Å². The van der Waals surface area contributed by atoms with Crippen LogP contribution in [0.25, 0.3) is 0 Å². The lowest BCUT2D eigenvalue weighted by Gasteiger charge is -2.22. The van der Waals surface area contributed by atoms with Gasteiger partial charge in [-0.3, -0.25) is 0 Å². The van der Waals surface area contributed by atoms with Crippen LogP contribution in [0, 0.1) is 0 Å². The smallest absolute Gasteiger partial charge is 0.197 e. The van der Waals surface area contributed by atoms with Gasteiger partial charge < -0.3 is 14.2 Å². The normalized spacial score (nSPS) is 22.4. The van der Waals surface area contributed by atoms with Crippen LogP contribution in [0.4, 0.5) is 0 Å². The first kappa shape index (κ1) is 13.5. The van der Waals surface area contributed by atoms with Gasteiger partial charge >= 0.3 is 0 Å². The number of rotatable bonds is 5. The minimum atomic E-state index is -0.243. The predicted molar refractivity (Wildman–Crippen MR) is 66.6 cm³/mol. The summed E-state index contributed by atoms with van der Waals surface area (Å²) in [6.07, 6.45) is 4.39. The lowest BCUT2D eigenvalue weighted by atomic mass is 10.3. The van der Waals surface area contributed by atoms with Crippen LogP contribution in [-0.4, -0.2) is 37.5 Å². The zero-order valence-electron chi connectivity index (χ0n) is 10.2. The molecule has 1 heterocycles. The standard InChI is InChI=1S/C11H19NO3S/c1-5-14-8(2)15-9-6-7-10(13-3)12-11(9)16-4/h6,8,10H,5,7H2,1-4H3. The second-order valence-electron chi connectivity index (χ2n) is 3.27. The summed E-state index contributed by atoms with van der Waals surface area (Å²) in [6.45, 7) is 4.46. The van der Waals surface area contributed by atoms with Crippen LogP contribution in [0.3, 0.4) is 0 Å². The molecule has 1 aliphatic heterocycles. The summed E-state index contributed by atoms with van der Waals surface area (Å²) in [5.41, 5.74) is 0. The Morgan fingerprint density at radius 2 is 2.38 bits per heavy atom. The van der Waals surface area contributed by atoms with E-state index in [-0.39, 0.29) is 12.5 Å². The van der Waals surface area contributed by atoms with Crippen molar-refractivity contribution in [1.29, 1.82) is 0 Å². The summed E-state index contributed by atoms with van der Waals surface area (Å²) in [5, 5.41) is 0.865. The molecule has 1 aliphatic rings. The van der Waals surface area contributed by atoms with Gasteiger partial charge in [0.1, 0.15) is 5.04 Å². The van der Waals surface area contributed by atoms with E-state index in [2.05, 4.69) is 4.99 Å². The fraction of sp³-hybridized carbons (Fsp3) is 0.727. The van der Waals surface area contributed by atoms with E-state index in [0.717, 1.165) is 17.2 Å². The van der Waals surface area contributed by atoms with Crippen molar-refractivity contribution in [3.8, 4) is 0 Å². The lowest BCUT2D eigenvalue weighted by molar-refractivity contribution is -0.0942. The van der Waals surface area contributed by atoms with E-state index < -0.39 is 0 Å². The Morgan fingerprint density at radius 3 is 2.94 bits per heavy atom. The van der Waals surface area contributed by atoms with Crippen LogP contribution < -0.4 is 0 Å². The third-order valence-electron chi connectivity index (χ3n) is 2.14. The first-order chi connectivity index (χ1) is 7.71. The van der Waals surface area contributed by atoms with Gasteiger partial charge in [-0.1, -0.05) is 0 Å². The molecule has 0 bridgehead atoms. The van der Waals surface area contributed by atoms with Gasteiger partial charge in [0, 0.05) is 20.1 Å². The molecule has 16 heavy (non-hydrogen) atoms. The quantitative estimate of drug-likeness (QED) is 0.697. The lowest BCUT2D eigenvalue weighted by Crippen LogP contribution is -2.21. The highest BCUT2D eigenvalue weighted by Crippen LogP contribution is 2.21. The van der Waals surface area contributed by atoms with E-state index in [0.29, 0.717) is 6.61 Å². The summed E-state index contributed by atoms with van der Waals surface area (Å²) >= 11 is 1.55. The fourth-order valence-corrected chi connectivity index (χ4v) is 1.95. The second kappa shape index (κ2) is 6.93. The van der Waals surface area contributed by atoms with Crippen LogP contribution in [0.15, 0.2) is 16.8 Å². The van der Waals surface area contributed by atoms with Crippen molar-refractivity contribution in [2.75, 3.05) is 20.0 Å². The number of hydrogen-bond acceptors (Lipinski definition) is 5. The molecule has 92 valence electrons. The molecule has 0 saturated carbocycles. The molecule has 0 aromatic rings. The minimum Gasteiger partial charge on any atom is -0.463 e. The Morgan fingerprint density at radius 1 is 1.62 bits per heavy atom. The maximum absolute atomic E-state index is 5.66. The maximum Gasteiger partial charge on any atom is 0.197 e. The first-order valence-corrected chi connectivity index (χ1v) is 6.57. The zero-order valence-corrected chi connectivity index (χ0v) is 11.0. The molecule has 0 fully saturated rings. The van der Waals surface area contributed by atoms with Gasteiger partial charge in [-0.2, -0.15) is 0 Å². The Kier molecular flexibility index (Phi) is 5.87. The van der Waals surface area contributed by atoms with E-state index in [4.69, 9.17) is 14.2 Å². The third kappa shape index (κ3) is 3.81. The molecule has 0 aromatic heterocycles. The van der Waals surface area contributed by atoms with Gasteiger partial charge in [-0.15, -0.1) is 11.8 Å². The molecular weight excluding hydrogens is 226 g/mol. The van der Waals surface area contributed by atoms with Crippen molar-refractivity contribution < 1.29 is 14.2 Å². The molecule has 0 saturated heterocycles. The van der Waals surface area contributed by atoms with Gasteiger partial charge in [0.15, 0.2) is 18.3 Å². The maximum atomic E-state index is 5.66. The number of nitrogens with zero attached hydrogens (tertiary/aromatic N) is 1. The van der Waals surface area contributed by atoms with E-state index in [1.54, 1.807) is 18.9 Å². The number of ether oxygens (including phenoxy) is 3. The molecule has 4 nitrogen and oxygen atoms in total. The predicted octanol–water partition coefficient (Wildman–Crippen LogP) is 2.41. The summed E-state index contributed by atoms with van der Waals surface area (Å²) in [5.74, 6) is 0.793. The molecule has 1 rings (SSSR count). The second-order valence-corrected chi connectivity index (χ2v) is 4.07. The molecular formula is C11H19NO3S. The number of methoxy groups -OCH3 is 1.